The molecule has 0 saturated heterocycles. The van der Waals surface area contributed by atoms with E-state index in [0.29, 0.717) is 5.69 Å². The molecule has 0 spiro atoms. The molecular formula is C11H17N3O4S. The second-order valence-corrected chi connectivity index (χ2v) is 5.57. The molecule has 0 aromatic heterocycles. The number of oxime groups is 1. The van der Waals surface area contributed by atoms with Crippen LogP contribution in [0.2, 0.25) is 0 Å². The van der Waals surface area contributed by atoms with Gasteiger partial charge in [-0.3, -0.25) is 0 Å². The lowest BCUT2D eigenvalue weighted by Gasteiger charge is -2.20. The van der Waals surface area contributed by atoms with Crippen molar-refractivity contribution in [2.45, 2.75) is 20.0 Å². The van der Waals surface area contributed by atoms with E-state index in [0.717, 1.165) is 11.3 Å². The Kier molecular flexibility index (Phi) is 5.13. The van der Waals surface area contributed by atoms with Gasteiger partial charge in [0.15, 0.2) is 0 Å². The average molecular weight is 287 g/mol. The first kappa shape index (κ1) is 15.3. The van der Waals surface area contributed by atoms with Crippen molar-refractivity contribution in [1.82, 2.24) is 0 Å². The highest BCUT2D eigenvalue weighted by Gasteiger charge is 2.18. The number of rotatable bonds is 5. The van der Waals surface area contributed by atoms with Gasteiger partial charge >= 0.3 is 0 Å². The number of hydroxylamine groups is 1. The zero-order valence-electron chi connectivity index (χ0n) is 11.0. The molecule has 0 unspecified atom stereocenters. The van der Waals surface area contributed by atoms with E-state index in [9.17, 15) is 8.42 Å². The van der Waals surface area contributed by atoms with E-state index < -0.39 is 10.1 Å². The summed E-state index contributed by atoms with van der Waals surface area (Å²) in [5.41, 5.74) is 6.09. The zero-order chi connectivity index (χ0) is 14.5. The Morgan fingerprint density at radius 2 is 1.89 bits per heavy atom. The smallest absolute Gasteiger partial charge is 0.285 e. The number of benzene rings is 1. The summed E-state index contributed by atoms with van der Waals surface area (Å²) in [6.07, 6.45) is 0.730. The Balaban J connectivity index is 3.03. The minimum absolute atomic E-state index is 0.186. The van der Waals surface area contributed by atoms with Crippen molar-refractivity contribution in [2.75, 3.05) is 11.3 Å². The fourth-order valence-corrected chi connectivity index (χ4v) is 1.54. The van der Waals surface area contributed by atoms with Crippen LogP contribution in [0.4, 0.5) is 5.69 Å². The first-order valence-corrected chi connectivity index (χ1v) is 7.35. The van der Waals surface area contributed by atoms with Crippen molar-refractivity contribution in [3.8, 4) is 0 Å². The second-order valence-electron chi connectivity index (χ2n) is 4.01. The largest absolute Gasteiger partial charge is 0.390 e. The molecule has 0 aliphatic carbocycles. The van der Waals surface area contributed by atoms with Gasteiger partial charge in [0.05, 0.1) is 11.9 Å². The molecule has 0 fully saturated rings. The molecule has 19 heavy (non-hydrogen) atoms. The van der Waals surface area contributed by atoms with Crippen LogP contribution in [-0.2, 0) is 19.2 Å². The van der Waals surface area contributed by atoms with E-state index in [-0.39, 0.29) is 12.1 Å². The van der Waals surface area contributed by atoms with Gasteiger partial charge in [-0.1, -0.05) is 18.2 Å². The van der Waals surface area contributed by atoms with Crippen LogP contribution in [0.3, 0.4) is 0 Å². The van der Waals surface area contributed by atoms with Crippen LogP contribution in [0.25, 0.3) is 0 Å². The molecule has 0 aliphatic heterocycles. The maximum atomic E-state index is 11.2. The summed E-state index contributed by atoms with van der Waals surface area (Å²) >= 11 is 0. The number of nitrogens with zero attached hydrogens (tertiary/aromatic N) is 2. The van der Waals surface area contributed by atoms with E-state index in [1.807, 2.05) is 0 Å². The Hall–Kier alpha value is -1.80. The standard InChI is InChI=1S/C11H17N3O4S/c1-9(2)17-13-11(12)14(18-19(3,15)16)10-7-5-4-6-8-10/h4-9H,1-3H3,(H2,12,13). The number of guanidine groups is 1. The molecule has 2 N–H and O–H groups in total. The summed E-state index contributed by atoms with van der Waals surface area (Å²) in [4.78, 5) is 4.97. The Labute approximate surface area is 112 Å². The molecule has 0 radical (unpaired) electrons. The van der Waals surface area contributed by atoms with Crippen molar-refractivity contribution in [3.63, 3.8) is 0 Å². The monoisotopic (exact) mass is 287 g/mol. The SMILES string of the molecule is CC(C)ON=C(N)N(OS(C)(=O)=O)c1ccccc1. The number of nitrogens with two attached hydrogens (primary N) is 1. The molecule has 106 valence electrons. The maximum Gasteiger partial charge on any atom is 0.285 e. The van der Waals surface area contributed by atoms with Crippen LogP contribution < -0.4 is 10.8 Å². The van der Waals surface area contributed by atoms with E-state index in [1.54, 1.807) is 44.2 Å². The topological polar surface area (TPSA) is 94.2 Å². The van der Waals surface area contributed by atoms with E-state index in [1.165, 1.54) is 0 Å². The van der Waals surface area contributed by atoms with Crippen LogP contribution in [-0.4, -0.2) is 26.7 Å². The third-order valence-electron chi connectivity index (χ3n) is 1.77. The predicted molar refractivity (Wildman–Crippen MR) is 72.7 cm³/mol. The summed E-state index contributed by atoms with van der Waals surface area (Å²) in [6.45, 7) is 3.53. The molecule has 1 aromatic carbocycles. The van der Waals surface area contributed by atoms with Crippen molar-refractivity contribution < 1.29 is 17.5 Å². The first-order chi connectivity index (χ1) is 8.79. The van der Waals surface area contributed by atoms with Crippen molar-refractivity contribution in [2.24, 2.45) is 10.9 Å². The Morgan fingerprint density at radius 1 is 1.32 bits per heavy atom. The summed E-state index contributed by atoms with van der Waals surface area (Å²) in [7, 11) is -3.75. The molecule has 0 atom stereocenters. The maximum absolute atomic E-state index is 11.2. The Morgan fingerprint density at radius 3 is 2.37 bits per heavy atom. The highest BCUT2D eigenvalue weighted by Crippen LogP contribution is 2.15. The highest BCUT2D eigenvalue weighted by molar-refractivity contribution is 7.86. The fourth-order valence-electron chi connectivity index (χ4n) is 1.11. The van der Waals surface area contributed by atoms with Gasteiger partial charge in [0, 0.05) is 0 Å². The van der Waals surface area contributed by atoms with Crippen LogP contribution in [0.15, 0.2) is 35.5 Å². The lowest BCUT2D eigenvalue weighted by molar-refractivity contribution is 0.0839. The van der Waals surface area contributed by atoms with Crippen molar-refractivity contribution in [1.29, 1.82) is 0 Å². The van der Waals surface area contributed by atoms with E-state index >= 15 is 0 Å². The van der Waals surface area contributed by atoms with Crippen LogP contribution in [0.5, 0.6) is 0 Å². The molecule has 0 saturated carbocycles. The van der Waals surface area contributed by atoms with E-state index in [2.05, 4.69) is 5.16 Å². The van der Waals surface area contributed by atoms with Gasteiger partial charge in [-0.05, 0) is 31.1 Å². The predicted octanol–water partition coefficient (Wildman–Crippen LogP) is 1.04. The minimum atomic E-state index is -3.75. The minimum Gasteiger partial charge on any atom is -0.390 e. The number of anilines is 1. The lowest BCUT2D eigenvalue weighted by atomic mass is 10.3. The van der Waals surface area contributed by atoms with Gasteiger partial charge in [-0.15, -0.1) is 4.28 Å². The lowest BCUT2D eigenvalue weighted by Crippen LogP contribution is -2.39. The summed E-state index contributed by atoms with van der Waals surface area (Å²) in [5, 5.41) is 4.50. The summed E-state index contributed by atoms with van der Waals surface area (Å²) in [5.74, 6) is -0.217. The molecule has 7 nitrogen and oxygen atoms in total. The van der Waals surface area contributed by atoms with Crippen molar-refractivity contribution >= 4 is 21.8 Å². The molecule has 1 aromatic rings. The molecule has 8 heteroatoms. The quantitative estimate of drug-likeness (QED) is 0.494. The number of hydrogen-bond donors (Lipinski definition) is 1. The second kappa shape index (κ2) is 6.39. The summed E-state index contributed by atoms with van der Waals surface area (Å²) in [6, 6.07) is 8.46. The van der Waals surface area contributed by atoms with Crippen LogP contribution >= 0.6 is 0 Å². The van der Waals surface area contributed by atoms with Gasteiger partial charge in [-0.2, -0.15) is 13.5 Å². The zero-order valence-corrected chi connectivity index (χ0v) is 11.8. The van der Waals surface area contributed by atoms with Crippen molar-refractivity contribution in [3.05, 3.63) is 30.3 Å². The number of hydrogen-bond acceptors (Lipinski definition) is 5. The fraction of sp³-hybridized carbons (Fsp3) is 0.364. The first-order valence-electron chi connectivity index (χ1n) is 5.53. The molecule has 0 heterocycles. The van der Waals surface area contributed by atoms with Crippen LogP contribution in [0, 0.1) is 0 Å². The highest BCUT2D eigenvalue weighted by atomic mass is 32.2. The third kappa shape index (κ3) is 5.58. The molecular weight excluding hydrogens is 270 g/mol. The summed E-state index contributed by atoms with van der Waals surface area (Å²) < 4.78 is 27.3. The molecule has 0 aliphatic rings. The van der Waals surface area contributed by atoms with E-state index in [4.69, 9.17) is 14.9 Å². The van der Waals surface area contributed by atoms with Gasteiger partial charge in [-0.25, -0.2) is 0 Å². The van der Waals surface area contributed by atoms with Crippen LogP contribution in [0.1, 0.15) is 13.8 Å². The average Bonchev–Trinajstić information content (AvgIpc) is 2.33. The number of para-hydroxylation sites is 1. The van der Waals surface area contributed by atoms with Gasteiger partial charge < -0.3 is 10.6 Å². The third-order valence-corrected chi connectivity index (χ3v) is 2.19. The molecule has 0 bridgehead atoms. The normalized spacial score (nSPS) is 12.5. The Bertz CT molecular complexity index is 528. The van der Waals surface area contributed by atoms with Gasteiger partial charge in [0.2, 0.25) is 0 Å². The van der Waals surface area contributed by atoms with Gasteiger partial charge in [0.1, 0.15) is 6.10 Å². The molecule has 0 amide bonds. The van der Waals surface area contributed by atoms with Gasteiger partial charge in [0.25, 0.3) is 16.1 Å². The molecule has 1 rings (SSSR count).